The average molecular weight is 463 g/mol. The fraction of sp³-hybridized carbons (Fsp3) is 0.350. The molecule has 2 aromatic rings. The molecule has 1 fully saturated rings. The zero-order valence-corrected chi connectivity index (χ0v) is 17.9. The Bertz CT molecular complexity index is 942. The second kappa shape index (κ2) is 7.89. The van der Waals surface area contributed by atoms with E-state index < -0.39 is 0 Å². The van der Waals surface area contributed by atoms with Crippen molar-refractivity contribution in [3.8, 4) is 0 Å². The molecule has 4 rings (SSSR count). The lowest BCUT2D eigenvalue weighted by atomic mass is 9.83. The Kier molecular flexibility index (Phi) is 5.53. The van der Waals surface area contributed by atoms with Crippen LogP contribution in [0.4, 0.5) is 0 Å². The van der Waals surface area contributed by atoms with E-state index in [1.54, 1.807) is 6.07 Å². The highest BCUT2D eigenvalue weighted by Gasteiger charge is 2.35. The summed E-state index contributed by atoms with van der Waals surface area (Å²) in [5.41, 5.74) is 1.91. The van der Waals surface area contributed by atoms with Crippen molar-refractivity contribution in [2.24, 2.45) is 5.92 Å². The van der Waals surface area contributed by atoms with Crippen molar-refractivity contribution in [3.05, 3.63) is 68.5 Å². The van der Waals surface area contributed by atoms with Gasteiger partial charge in [0, 0.05) is 47.3 Å². The fourth-order valence-electron chi connectivity index (χ4n) is 3.98. The highest BCUT2D eigenvalue weighted by atomic mass is 79.9. The van der Waals surface area contributed by atoms with E-state index in [0.29, 0.717) is 23.2 Å². The minimum absolute atomic E-state index is 0.0870. The lowest BCUT2D eigenvalue weighted by molar-refractivity contribution is 0.102. The molecule has 0 amide bonds. The van der Waals surface area contributed by atoms with Gasteiger partial charge < -0.3 is 9.47 Å². The highest BCUT2D eigenvalue weighted by molar-refractivity contribution is 9.10. The SMILES string of the molecule is O=C(CSC(=S)N1C[C@@H]2C[C@@H](C1)c1cccc(=O)n1C2)c1ccc(Br)cc1. The van der Waals surface area contributed by atoms with Crippen LogP contribution in [-0.4, -0.2) is 38.4 Å². The molecule has 2 bridgehead atoms. The van der Waals surface area contributed by atoms with E-state index >= 15 is 0 Å². The van der Waals surface area contributed by atoms with Crippen LogP contribution in [0.5, 0.6) is 0 Å². The lowest BCUT2D eigenvalue weighted by Gasteiger charge is -2.43. The van der Waals surface area contributed by atoms with Crippen LogP contribution in [0.3, 0.4) is 0 Å². The van der Waals surface area contributed by atoms with Gasteiger partial charge in [0.05, 0.1) is 5.75 Å². The molecular weight excluding hydrogens is 444 g/mol. The quantitative estimate of drug-likeness (QED) is 0.510. The number of piperidine rings is 1. The number of halogens is 1. The maximum atomic E-state index is 12.4. The maximum absolute atomic E-state index is 12.4. The Balaban J connectivity index is 1.40. The van der Waals surface area contributed by atoms with Gasteiger partial charge in [0.1, 0.15) is 4.32 Å². The van der Waals surface area contributed by atoms with Crippen LogP contribution < -0.4 is 5.56 Å². The smallest absolute Gasteiger partial charge is 0.250 e. The molecule has 2 aliphatic rings. The van der Waals surface area contributed by atoms with Gasteiger partial charge in [0.15, 0.2) is 5.78 Å². The summed E-state index contributed by atoms with van der Waals surface area (Å²) in [6.45, 7) is 2.43. The van der Waals surface area contributed by atoms with Gasteiger partial charge in [-0.3, -0.25) is 9.59 Å². The number of hydrogen-bond donors (Lipinski definition) is 0. The van der Waals surface area contributed by atoms with E-state index in [2.05, 4.69) is 26.9 Å². The van der Waals surface area contributed by atoms with Crippen LogP contribution in [0.1, 0.15) is 28.4 Å². The topological polar surface area (TPSA) is 42.3 Å². The molecular formula is C20H19BrN2O2S2. The summed E-state index contributed by atoms with van der Waals surface area (Å²) in [6, 6.07) is 12.9. The van der Waals surface area contributed by atoms with Crippen LogP contribution in [0.15, 0.2) is 51.7 Å². The van der Waals surface area contributed by atoms with E-state index in [-0.39, 0.29) is 11.3 Å². The minimum atomic E-state index is 0.0870. The number of nitrogens with zero attached hydrogens (tertiary/aromatic N) is 2. The third kappa shape index (κ3) is 4.05. The number of fused-ring (bicyclic) bond motifs is 4. The largest absolute Gasteiger partial charge is 0.356 e. The summed E-state index contributed by atoms with van der Waals surface area (Å²) in [4.78, 5) is 26.7. The van der Waals surface area contributed by atoms with Gasteiger partial charge in [-0.1, -0.05) is 58.1 Å². The third-order valence-corrected chi connectivity index (χ3v) is 7.28. The molecule has 140 valence electrons. The normalized spacial score (nSPS) is 20.9. The molecule has 0 saturated carbocycles. The fourth-order valence-corrected chi connectivity index (χ4v) is 5.33. The van der Waals surface area contributed by atoms with E-state index in [0.717, 1.165) is 40.5 Å². The first-order valence-corrected chi connectivity index (χ1v) is 11.1. The Morgan fingerprint density at radius 1 is 1.15 bits per heavy atom. The van der Waals surface area contributed by atoms with Gasteiger partial charge >= 0.3 is 0 Å². The number of Topliss-reactive ketones (excluding diaryl/α,β-unsaturated/α-hetero) is 1. The summed E-state index contributed by atoms with van der Waals surface area (Å²) < 4.78 is 3.66. The number of hydrogen-bond acceptors (Lipinski definition) is 4. The lowest BCUT2D eigenvalue weighted by Crippen LogP contribution is -2.48. The van der Waals surface area contributed by atoms with Crippen molar-refractivity contribution in [1.82, 2.24) is 9.47 Å². The van der Waals surface area contributed by atoms with Gasteiger partial charge in [0.2, 0.25) is 0 Å². The first kappa shape index (κ1) is 18.9. The predicted molar refractivity (Wildman–Crippen MR) is 117 cm³/mol. The number of aromatic nitrogens is 1. The average Bonchev–Trinajstić information content (AvgIpc) is 2.67. The summed E-state index contributed by atoms with van der Waals surface area (Å²) >= 11 is 10.5. The summed E-state index contributed by atoms with van der Waals surface area (Å²) in [5.74, 6) is 1.19. The van der Waals surface area contributed by atoms with Gasteiger partial charge in [0.25, 0.3) is 5.56 Å². The molecule has 3 heterocycles. The molecule has 27 heavy (non-hydrogen) atoms. The number of pyridine rings is 1. The molecule has 1 aromatic heterocycles. The molecule has 1 aromatic carbocycles. The highest BCUT2D eigenvalue weighted by Crippen LogP contribution is 2.36. The maximum Gasteiger partial charge on any atom is 0.250 e. The van der Waals surface area contributed by atoms with Gasteiger partial charge in [-0.25, -0.2) is 0 Å². The van der Waals surface area contributed by atoms with Crippen LogP contribution >= 0.6 is 39.9 Å². The summed E-state index contributed by atoms with van der Waals surface area (Å²) in [5, 5.41) is 0. The van der Waals surface area contributed by atoms with Gasteiger partial charge in [-0.2, -0.15) is 0 Å². The van der Waals surface area contributed by atoms with E-state index in [1.807, 2.05) is 34.9 Å². The first-order chi connectivity index (χ1) is 13.0. The van der Waals surface area contributed by atoms with Crippen molar-refractivity contribution in [3.63, 3.8) is 0 Å². The third-order valence-electron chi connectivity index (χ3n) is 5.23. The van der Waals surface area contributed by atoms with Crippen molar-refractivity contribution in [2.45, 2.75) is 18.9 Å². The van der Waals surface area contributed by atoms with Crippen LogP contribution in [0.25, 0.3) is 0 Å². The van der Waals surface area contributed by atoms with E-state index in [9.17, 15) is 9.59 Å². The second-order valence-electron chi connectivity index (χ2n) is 7.09. The van der Waals surface area contributed by atoms with Crippen molar-refractivity contribution >= 4 is 50.0 Å². The predicted octanol–water partition coefficient (Wildman–Crippen LogP) is 3.93. The molecule has 2 atom stereocenters. The molecule has 4 nitrogen and oxygen atoms in total. The zero-order chi connectivity index (χ0) is 19.0. The standard InChI is InChI=1S/C20H19BrN2O2S2/c21-16-6-4-14(5-7-16)18(24)12-27-20(26)22-9-13-8-15(11-22)17-2-1-3-19(25)23(17)10-13/h1-7,13,15H,8-12H2/t13-,15-/m0/s1. The molecule has 0 unspecified atom stereocenters. The molecule has 7 heteroatoms. The second-order valence-corrected chi connectivity index (χ2v) is 9.61. The Morgan fingerprint density at radius 3 is 2.70 bits per heavy atom. The van der Waals surface area contributed by atoms with E-state index in [1.165, 1.54) is 11.8 Å². The first-order valence-electron chi connectivity index (χ1n) is 8.91. The molecule has 2 aliphatic heterocycles. The Morgan fingerprint density at radius 2 is 1.93 bits per heavy atom. The number of carbonyl (C=O) groups excluding carboxylic acids is 1. The minimum Gasteiger partial charge on any atom is -0.356 e. The van der Waals surface area contributed by atoms with Crippen LogP contribution in [0.2, 0.25) is 0 Å². The summed E-state index contributed by atoms with van der Waals surface area (Å²) in [6.07, 6.45) is 1.10. The molecule has 0 spiro atoms. The zero-order valence-electron chi connectivity index (χ0n) is 14.6. The molecule has 1 saturated heterocycles. The number of carbonyl (C=O) groups is 1. The van der Waals surface area contributed by atoms with Crippen molar-refractivity contribution < 1.29 is 4.79 Å². The number of ketones is 1. The Labute approximate surface area is 176 Å². The van der Waals surface area contributed by atoms with Gasteiger partial charge in [-0.05, 0) is 30.5 Å². The number of rotatable bonds is 3. The number of thiocarbonyl (C=S) groups is 1. The molecule has 0 radical (unpaired) electrons. The summed E-state index contributed by atoms with van der Waals surface area (Å²) in [7, 11) is 0. The number of benzene rings is 1. The van der Waals surface area contributed by atoms with Crippen molar-refractivity contribution in [1.29, 1.82) is 0 Å². The van der Waals surface area contributed by atoms with Crippen molar-refractivity contribution in [2.75, 3.05) is 18.8 Å². The number of likely N-dealkylation sites (tertiary alicyclic amines) is 1. The van der Waals surface area contributed by atoms with Crippen LogP contribution in [0, 0.1) is 5.92 Å². The van der Waals surface area contributed by atoms with Crippen LogP contribution in [-0.2, 0) is 6.54 Å². The Hall–Kier alpha value is -1.44. The van der Waals surface area contributed by atoms with E-state index in [4.69, 9.17) is 12.2 Å². The molecule has 0 aliphatic carbocycles. The monoisotopic (exact) mass is 462 g/mol. The molecule has 0 N–H and O–H groups in total. The van der Waals surface area contributed by atoms with Gasteiger partial charge in [-0.15, -0.1) is 0 Å². The number of thioether (sulfide) groups is 1.